The van der Waals surface area contributed by atoms with Gasteiger partial charge in [0.25, 0.3) is 0 Å². The molecule has 1 saturated carbocycles. The van der Waals surface area contributed by atoms with Crippen LogP contribution in [-0.4, -0.2) is 35.5 Å². The molecule has 0 atom stereocenters. The van der Waals surface area contributed by atoms with Crippen LogP contribution in [0.5, 0.6) is 0 Å². The van der Waals surface area contributed by atoms with E-state index in [9.17, 15) is 9.59 Å². The second-order valence-electron chi connectivity index (χ2n) is 10.7. The molecular weight excluding hydrogens is 441 g/mol. The zero-order valence-corrected chi connectivity index (χ0v) is 22.0. The van der Waals surface area contributed by atoms with Crippen molar-refractivity contribution < 1.29 is 14.3 Å². The molecule has 0 bridgehead atoms. The number of hydrogen-bond donors (Lipinski definition) is 1. The summed E-state index contributed by atoms with van der Waals surface area (Å²) in [5.74, 6) is 0.0532. The van der Waals surface area contributed by atoms with E-state index in [1.165, 1.54) is 18.4 Å². The van der Waals surface area contributed by atoms with Crippen LogP contribution in [-0.2, 0) is 20.9 Å². The fourth-order valence-corrected chi connectivity index (χ4v) is 12.8. The van der Waals surface area contributed by atoms with E-state index in [0.717, 1.165) is 66.8 Å². The molecule has 2 aromatic carbocycles. The molecule has 0 spiro atoms. The Hall–Kier alpha value is -2.19. The van der Waals surface area contributed by atoms with Crippen molar-refractivity contribution >= 4 is 24.8 Å². The first-order valence-corrected chi connectivity index (χ1v) is 15.6. The Morgan fingerprint density at radius 1 is 0.912 bits per heavy atom. The van der Waals surface area contributed by atoms with Crippen molar-refractivity contribution in [3.8, 4) is 0 Å². The quantitative estimate of drug-likeness (QED) is 0.361. The van der Waals surface area contributed by atoms with E-state index in [4.69, 9.17) is 4.74 Å². The van der Waals surface area contributed by atoms with Gasteiger partial charge < -0.3 is 0 Å². The maximum absolute atomic E-state index is 14.1. The predicted octanol–water partition coefficient (Wildman–Crippen LogP) is 6.54. The van der Waals surface area contributed by atoms with Crippen molar-refractivity contribution in [2.75, 3.05) is 23.8 Å². The van der Waals surface area contributed by atoms with Crippen molar-refractivity contribution in [2.45, 2.75) is 77.5 Å². The van der Waals surface area contributed by atoms with Gasteiger partial charge in [-0.05, 0) is 0 Å². The Balaban J connectivity index is 1.58. The first-order valence-electron chi connectivity index (χ1n) is 12.9. The van der Waals surface area contributed by atoms with Gasteiger partial charge in [-0.25, -0.2) is 0 Å². The zero-order chi connectivity index (χ0) is 24.2. The first kappa shape index (κ1) is 24.9. The van der Waals surface area contributed by atoms with Gasteiger partial charge in [-0.2, -0.15) is 0 Å². The van der Waals surface area contributed by atoms with E-state index in [2.05, 4.69) is 38.2 Å². The molecule has 0 radical (unpaired) electrons. The molecule has 5 heteroatoms. The summed E-state index contributed by atoms with van der Waals surface area (Å²) in [5.41, 5.74) is 5.39. The summed E-state index contributed by atoms with van der Waals surface area (Å²) in [6, 6.07) is 14.1. The number of hydrogen-bond acceptors (Lipinski definition) is 3. The molecular formula is C29H40NO3P. The summed E-state index contributed by atoms with van der Waals surface area (Å²) in [7, 11) is -2.25. The van der Waals surface area contributed by atoms with Crippen LogP contribution in [0.25, 0.3) is 0 Å². The van der Waals surface area contributed by atoms with Crippen molar-refractivity contribution in [1.29, 1.82) is 0 Å². The van der Waals surface area contributed by atoms with E-state index in [1.807, 2.05) is 30.3 Å². The number of amides is 1. The van der Waals surface area contributed by atoms with E-state index in [0.29, 0.717) is 12.8 Å². The van der Waals surface area contributed by atoms with Crippen LogP contribution >= 0.6 is 7.26 Å². The van der Waals surface area contributed by atoms with Crippen LogP contribution in [0.15, 0.2) is 42.5 Å². The number of nitrogens with one attached hydrogen (secondary N) is 1. The summed E-state index contributed by atoms with van der Waals surface area (Å²) in [5, 5.41) is 3.01. The Kier molecular flexibility index (Phi) is 7.77. The summed E-state index contributed by atoms with van der Waals surface area (Å²) >= 11 is 0. The minimum absolute atomic E-state index is 0.112. The summed E-state index contributed by atoms with van der Waals surface area (Å²) < 4.78 is 5.77. The molecule has 4 nitrogen and oxygen atoms in total. The monoisotopic (exact) mass is 481 g/mol. The fraction of sp³-hybridized carbons (Fsp3) is 0.517. The molecule has 0 aromatic heterocycles. The third-order valence-electron chi connectivity index (χ3n) is 8.36. The van der Waals surface area contributed by atoms with Crippen molar-refractivity contribution in [2.24, 2.45) is 0 Å². The van der Waals surface area contributed by atoms with Crippen molar-refractivity contribution in [3.63, 3.8) is 0 Å². The van der Waals surface area contributed by atoms with Gasteiger partial charge >= 0.3 is 205 Å². The topological polar surface area (TPSA) is 55.4 Å². The number of ether oxygens (including phenoxy) is 1. The van der Waals surface area contributed by atoms with Crippen molar-refractivity contribution in [1.82, 2.24) is 0 Å². The molecule has 2 aromatic rings. The Morgan fingerprint density at radius 3 is 2.09 bits per heavy atom. The van der Waals surface area contributed by atoms with Crippen LogP contribution < -0.4 is 5.32 Å². The first-order chi connectivity index (χ1) is 16.4. The second kappa shape index (κ2) is 10.6. The van der Waals surface area contributed by atoms with Crippen LogP contribution in [0.1, 0.15) is 67.2 Å². The number of carbonyl (C=O) groups is 2. The van der Waals surface area contributed by atoms with E-state index >= 15 is 0 Å². The average molecular weight is 482 g/mol. The third-order valence-corrected chi connectivity index (χ3v) is 14.7. The molecule has 1 heterocycles. The number of aryl methyl sites for hydroxylation is 3. The fourth-order valence-electron chi connectivity index (χ4n) is 6.43. The van der Waals surface area contributed by atoms with Crippen LogP contribution in [0.3, 0.4) is 0 Å². The number of esters is 1. The van der Waals surface area contributed by atoms with Crippen LogP contribution in [0, 0.1) is 20.8 Å². The van der Waals surface area contributed by atoms with Gasteiger partial charge in [0, 0.05) is 0 Å². The molecule has 1 saturated heterocycles. The SMILES string of the molecule is Cc1cc(C)c(NC(=O)C2([PH]3(CC(=O)OCc4ccccc4)CCCCCC3)CCC2)c(C)c1. The molecule has 184 valence electrons. The van der Waals surface area contributed by atoms with Crippen molar-refractivity contribution in [3.05, 3.63) is 64.7 Å². The third kappa shape index (κ3) is 5.08. The molecule has 1 amide bonds. The minimum atomic E-state index is -2.25. The Labute approximate surface area is 205 Å². The van der Waals surface area contributed by atoms with Gasteiger partial charge in [-0.15, -0.1) is 0 Å². The van der Waals surface area contributed by atoms with Gasteiger partial charge in [0.1, 0.15) is 0 Å². The molecule has 1 aliphatic carbocycles. The van der Waals surface area contributed by atoms with Crippen LogP contribution in [0.4, 0.5) is 5.69 Å². The van der Waals surface area contributed by atoms with E-state index in [-0.39, 0.29) is 17.0 Å². The van der Waals surface area contributed by atoms with Gasteiger partial charge in [-0.1, -0.05) is 0 Å². The number of carbonyl (C=O) groups excluding carboxylic acids is 2. The van der Waals surface area contributed by atoms with Gasteiger partial charge in [-0.3, -0.25) is 0 Å². The number of rotatable bonds is 7. The summed E-state index contributed by atoms with van der Waals surface area (Å²) in [6.07, 6.45) is 10.2. The molecule has 34 heavy (non-hydrogen) atoms. The molecule has 0 unspecified atom stereocenters. The average Bonchev–Trinajstić information content (AvgIpc) is 3.01. The molecule has 2 fully saturated rings. The zero-order valence-electron chi connectivity index (χ0n) is 21.0. The summed E-state index contributed by atoms with van der Waals surface area (Å²) in [6.45, 7) is 6.55. The Morgan fingerprint density at radius 2 is 1.53 bits per heavy atom. The predicted molar refractivity (Wildman–Crippen MR) is 143 cm³/mol. The maximum atomic E-state index is 14.1. The standard InChI is InChI=1S/C29H40NO3P/c1-22-18-23(2)27(24(3)19-22)30-28(32)29(14-11-15-29)34(16-9-4-5-10-17-34)21-26(31)33-20-25-12-7-6-8-13-25/h6-8,12-13,18-19,34H,4-5,9-11,14-17,20-21H2,1-3H3,(H,30,32). The van der Waals surface area contributed by atoms with E-state index < -0.39 is 7.26 Å². The normalized spacial score (nSPS) is 19.9. The summed E-state index contributed by atoms with van der Waals surface area (Å²) in [4.78, 5) is 27.3. The van der Waals surface area contributed by atoms with Crippen LogP contribution in [0.2, 0.25) is 0 Å². The molecule has 4 rings (SSSR count). The molecule has 1 N–H and O–H groups in total. The Bertz CT molecular complexity index is 998. The number of benzene rings is 2. The number of anilines is 1. The van der Waals surface area contributed by atoms with Gasteiger partial charge in [0.15, 0.2) is 0 Å². The molecule has 2 aliphatic rings. The van der Waals surface area contributed by atoms with E-state index in [1.54, 1.807) is 0 Å². The molecule has 1 aliphatic heterocycles. The second-order valence-corrected chi connectivity index (χ2v) is 15.6. The van der Waals surface area contributed by atoms with Gasteiger partial charge in [0.2, 0.25) is 0 Å². The van der Waals surface area contributed by atoms with Gasteiger partial charge in [0.05, 0.1) is 0 Å².